The molecule has 0 saturated carbocycles. The number of aromatic hydroxyl groups is 1. The fraction of sp³-hybridized carbons (Fsp3) is 0.429. The number of fused-ring (bicyclic) bond motifs is 3. The van der Waals surface area contributed by atoms with E-state index >= 15 is 4.39 Å². The lowest BCUT2D eigenvalue weighted by molar-refractivity contribution is 0.107. The fourth-order valence-corrected chi connectivity index (χ4v) is 7.61. The monoisotopic (exact) mass is 616 g/mol. The Kier molecular flexibility index (Phi) is 7.70. The van der Waals surface area contributed by atoms with Crippen LogP contribution in [0.2, 0.25) is 0 Å². The van der Waals surface area contributed by atoms with Gasteiger partial charge in [-0.2, -0.15) is 9.97 Å². The molecule has 1 aromatic heterocycles. The van der Waals surface area contributed by atoms with Gasteiger partial charge in [-0.05, 0) is 73.4 Å². The number of benzene rings is 3. The number of aromatic nitrogens is 2. The molecule has 0 aliphatic carbocycles. The van der Waals surface area contributed by atoms with E-state index in [1.165, 1.54) is 24.3 Å². The number of terminal acetylenes is 1. The normalized spacial score (nSPS) is 22.3. The summed E-state index contributed by atoms with van der Waals surface area (Å²) in [5.74, 6) is 1.98. The predicted molar refractivity (Wildman–Crippen MR) is 167 cm³/mol. The summed E-state index contributed by atoms with van der Waals surface area (Å²) in [6.45, 7) is 3.49. The molecule has 0 unspecified atom stereocenters. The number of ether oxygens (including phenoxy) is 2. The lowest BCUT2D eigenvalue weighted by atomic mass is 9.93. The van der Waals surface area contributed by atoms with Crippen molar-refractivity contribution in [2.75, 3.05) is 51.4 Å². The lowest BCUT2D eigenvalue weighted by Gasteiger charge is -2.33. The minimum absolute atomic E-state index is 0.0172. The topological polar surface area (TPSA) is 71.0 Å². The number of hydrogen-bond donors (Lipinski definition) is 1. The summed E-state index contributed by atoms with van der Waals surface area (Å²) in [6.07, 6.45) is 8.73. The smallest absolute Gasteiger partial charge is 0.319 e. The number of anilines is 1. The Morgan fingerprint density at radius 2 is 1.91 bits per heavy atom. The quantitative estimate of drug-likeness (QED) is 0.247. The van der Waals surface area contributed by atoms with Crippen LogP contribution in [-0.4, -0.2) is 78.2 Å². The zero-order valence-electron chi connectivity index (χ0n) is 25.2. The van der Waals surface area contributed by atoms with Crippen LogP contribution in [-0.2, 0) is 4.74 Å². The van der Waals surface area contributed by atoms with Gasteiger partial charge in [0.05, 0.1) is 11.1 Å². The van der Waals surface area contributed by atoms with Crippen molar-refractivity contribution in [1.29, 1.82) is 0 Å². The molecule has 3 fully saturated rings. The van der Waals surface area contributed by atoms with Gasteiger partial charge in [0.25, 0.3) is 0 Å². The maximum absolute atomic E-state index is 16.8. The van der Waals surface area contributed by atoms with E-state index in [9.17, 15) is 13.9 Å². The third kappa shape index (κ3) is 5.22. The third-order valence-electron chi connectivity index (χ3n) is 9.80. The maximum Gasteiger partial charge on any atom is 0.319 e. The highest BCUT2D eigenvalue weighted by molar-refractivity contribution is 6.04. The predicted octanol–water partition coefficient (Wildman–Crippen LogP) is 6.23. The highest BCUT2D eigenvalue weighted by atomic mass is 19.1. The lowest BCUT2D eigenvalue weighted by Crippen LogP contribution is -2.43. The van der Waals surface area contributed by atoms with Gasteiger partial charge in [0.2, 0.25) is 0 Å². The van der Waals surface area contributed by atoms with Crippen molar-refractivity contribution in [3.63, 3.8) is 0 Å². The SMILES string of the molecule is C#Cc1c(F)ccc2cc(O)cc(-c3ccc4c(N5CCC(COC)CC5)nc(OC[C@@]56CCCN5C[C@H](F)C6)nc4c3F)c12. The molecule has 234 valence electrons. The Bertz CT molecular complexity index is 1820. The second kappa shape index (κ2) is 11.7. The summed E-state index contributed by atoms with van der Waals surface area (Å²) >= 11 is 0. The zero-order chi connectivity index (χ0) is 31.3. The molecule has 0 amide bonds. The number of nitrogens with zero attached hydrogens (tertiary/aromatic N) is 4. The molecular weight excluding hydrogens is 581 g/mol. The Hall–Kier alpha value is -4.07. The van der Waals surface area contributed by atoms with Gasteiger partial charge in [-0.15, -0.1) is 6.42 Å². The highest BCUT2D eigenvalue weighted by Crippen LogP contribution is 2.42. The molecule has 3 aliphatic heterocycles. The molecule has 4 heterocycles. The van der Waals surface area contributed by atoms with E-state index in [4.69, 9.17) is 20.9 Å². The molecule has 7 rings (SSSR count). The van der Waals surface area contributed by atoms with Gasteiger partial charge in [-0.1, -0.05) is 18.1 Å². The van der Waals surface area contributed by atoms with Gasteiger partial charge in [0.15, 0.2) is 5.82 Å². The van der Waals surface area contributed by atoms with Crippen molar-refractivity contribution < 1.29 is 27.8 Å². The van der Waals surface area contributed by atoms with E-state index in [1.807, 2.05) is 0 Å². The largest absolute Gasteiger partial charge is 0.508 e. The molecule has 45 heavy (non-hydrogen) atoms. The van der Waals surface area contributed by atoms with Gasteiger partial charge in [-0.3, -0.25) is 4.90 Å². The minimum Gasteiger partial charge on any atom is -0.508 e. The average Bonchev–Trinajstić information content (AvgIpc) is 3.56. The van der Waals surface area contributed by atoms with Crippen LogP contribution in [0, 0.1) is 29.9 Å². The molecular formula is C35H35F3N4O3. The van der Waals surface area contributed by atoms with Crippen molar-refractivity contribution in [2.24, 2.45) is 5.92 Å². The first-order chi connectivity index (χ1) is 21.8. The van der Waals surface area contributed by atoms with Gasteiger partial charge >= 0.3 is 6.01 Å². The standard InChI is InChI=1S/C35H35F3N4O3/c1-3-25-29(37)8-5-22-15-24(43)16-28(30(22)25)26-6-7-27-32(31(26)38)39-34(40-33(27)41-13-9-21(10-14-41)19-44-2)45-20-35-11-4-12-42(35)18-23(36)17-35/h1,5-8,15-16,21,23,43H,4,9-14,17-20H2,2H3/t23-,35+/m1/s1. The number of methoxy groups -OCH3 is 1. The zero-order valence-corrected chi connectivity index (χ0v) is 25.2. The number of halogens is 3. The number of rotatable bonds is 7. The molecule has 0 spiro atoms. The van der Waals surface area contributed by atoms with Crippen LogP contribution in [0.4, 0.5) is 19.0 Å². The summed E-state index contributed by atoms with van der Waals surface area (Å²) < 4.78 is 57.6. The van der Waals surface area contributed by atoms with Crippen molar-refractivity contribution in [3.8, 4) is 35.2 Å². The van der Waals surface area contributed by atoms with Crippen LogP contribution >= 0.6 is 0 Å². The molecule has 3 aliphatic rings. The molecule has 3 saturated heterocycles. The summed E-state index contributed by atoms with van der Waals surface area (Å²) in [4.78, 5) is 13.6. The van der Waals surface area contributed by atoms with Gasteiger partial charge in [0, 0.05) is 56.1 Å². The van der Waals surface area contributed by atoms with Crippen molar-refractivity contribution in [1.82, 2.24) is 14.9 Å². The van der Waals surface area contributed by atoms with E-state index in [1.54, 1.807) is 19.2 Å². The number of piperidine rings is 1. The average molecular weight is 617 g/mol. The Labute approximate surface area is 260 Å². The minimum atomic E-state index is -0.912. The van der Waals surface area contributed by atoms with Crippen LogP contribution in [0.1, 0.15) is 37.7 Å². The van der Waals surface area contributed by atoms with E-state index in [0.29, 0.717) is 60.6 Å². The Morgan fingerprint density at radius 1 is 1.09 bits per heavy atom. The number of phenolic OH excluding ortho intramolecular Hbond substituents is 1. The highest BCUT2D eigenvalue weighted by Gasteiger charge is 2.49. The summed E-state index contributed by atoms with van der Waals surface area (Å²) in [5.41, 5.74) is -0.0436. The van der Waals surface area contributed by atoms with Crippen LogP contribution in [0.15, 0.2) is 36.4 Å². The first-order valence-electron chi connectivity index (χ1n) is 15.5. The first-order valence-corrected chi connectivity index (χ1v) is 15.5. The van der Waals surface area contributed by atoms with Crippen molar-refractivity contribution in [2.45, 2.75) is 43.8 Å². The maximum atomic E-state index is 16.8. The fourth-order valence-electron chi connectivity index (χ4n) is 7.61. The number of alkyl halides is 1. The van der Waals surface area contributed by atoms with E-state index in [2.05, 4.69) is 20.7 Å². The van der Waals surface area contributed by atoms with Gasteiger partial charge in [-0.25, -0.2) is 13.2 Å². The van der Waals surface area contributed by atoms with Gasteiger partial charge < -0.3 is 19.5 Å². The van der Waals surface area contributed by atoms with Gasteiger partial charge in [0.1, 0.15) is 35.7 Å². The van der Waals surface area contributed by atoms with Crippen molar-refractivity contribution in [3.05, 3.63) is 53.6 Å². The van der Waals surface area contributed by atoms with Crippen LogP contribution in [0.5, 0.6) is 11.8 Å². The number of phenols is 1. The molecule has 0 radical (unpaired) electrons. The van der Waals surface area contributed by atoms with E-state index in [-0.39, 0.29) is 40.6 Å². The molecule has 7 nitrogen and oxygen atoms in total. The second-order valence-corrected chi connectivity index (χ2v) is 12.6. The molecule has 1 N–H and O–H groups in total. The molecule has 0 bridgehead atoms. The van der Waals surface area contributed by atoms with Crippen LogP contribution in [0.25, 0.3) is 32.8 Å². The summed E-state index contributed by atoms with van der Waals surface area (Å²) in [5, 5.41) is 11.8. The summed E-state index contributed by atoms with van der Waals surface area (Å²) in [7, 11) is 1.70. The third-order valence-corrected chi connectivity index (χ3v) is 9.80. The van der Waals surface area contributed by atoms with Crippen LogP contribution in [0.3, 0.4) is 0 Å². The molecule has 10 heteroatoms. The van der Waals surface area contributed by atoms with E-state index < -0.39 is 23.3 Å². The number of hydrogen-bond acceptors (Lipinski definition) is 7. The molecule has 4 aromatic rings. The molecule has 2 atom stereocenters. The van der Waals surface area contributed by atoms with E-state index in [0.717, 1.165) is 32.2 Å². The van der Waals surface area contributed by atoms with Crippen molar-refractivity contribution >= 4 is 27.5 Å². The second-order valence-electron chi connectivity index (χ2n) is 12.6. The Balaban J connectivity index is 1.35. The Morgan fingerprint density at radius 3 is 2.69 bits per heavy atom. The summed E-state index contributed by atoms with van der Waals surface area (Å²) in [6, 6.07) is 8.95. The molecule has 3 aromatic carbocycles. The first kappa shape index (κ1) is 29.6. The van der Waals surface area contributed by atoms with Crippen LogP contribution < -0.4 is 9.64 Å².